The average molecular weight is 238 g/mol. The van der Waals surface area contributed by atoms with Crippen molar-refractivity contribution < 1.29 is 14.6 Å². The van der Waals surface area contributed by atoms with E-state index in [1.165, 1.54) is 17.0 Å². The van der Waals surface area contributed by atoms with E-state index in [1.807, 2.05) is 0 Å². The molecule has 0 spiro atoms. The van der Waals surface area contributed by atoms with E-state index in [-0.39, 0.29) is 18.4 Å². The molecular weight excluding hydrogens is 224 g/mol. The minimum Gasteiger partial charge on any atom is -0.479 e. The number of carboxylic acid groups (broad SMARTS) is 1. The molecule has 1 N–H and O–H groups in total. The zero-order chi connectivity index (χ0) is 12.5. The van der Waals surface area contributed by atoms with Crippen molar-refractivity contribution in [3.05, 3.63) is 28.4 Å². The highest BCUT2D eigenvalue weighted by Crippen LogP contribution is 2.27. The fourth-order valence-electron chi connectivity index (χ4n) is 2.08. The first-order valence-corrected chi connectivity index (χ1v) is 5.43. The number of hydrogen-bond acceptors (Lipinski definition) is 4. The summed E-state index contributed by atoms with van der Waals surface area (Å²) in [7, 11) is 0. The van der Waals surface area contributed by atoms with Gasteiger partial charge in [0.05, 0.1) is 6.33 Å². The van der Waals surface area contributed by atoms with Crippen LogP contribution in [0.1, 0.15) is 18.5 Å². The molecule has 1 saturated heterocycles. The summed E-state index contributed by atoms with van der Waals surface area (Å²) < 4.78 is 6.37. The highest BCUT2D eigenvalue weighted by atomic mass is 16.5. The zero-order valence-corrected chi connectivity index (χ0v) is 9.55. The maximum Gasteiger partial charge on any atom is 0.330 e. The number of carboxylic acids is 1. The zero-order valence-electron chi connectivity index (χ0n) is 9.55. The van der Waals surface area contributed by atoms with Gasteiger partial charge in [0.1, 0.15) is 0 Å². The predicted molar refractivity (Wildman–Crippen MR) is 58.9 cm³/mol. The summed E-state index contributed by atoms with van der Waals surface area (Å²) in [5.41, 5.74) is -0.962. The molecule has 1 aliphatic rings. The summed E-state index contributed by atoms with van der Waals surface area (Å²) in [6.07, 6.45) is 1.89. The number of nitrogens with zero attached hydrogens (tertiary/aromatic N) is 2. The highest BCUT2D eigenvalue weighted by molar-refractivity contribution is 5.76. The second kappa shape index (κ2) is 4.29. The Labute approximate surface area is 97.9 Å². The second-order valence-corrected chi connectivity index (χ2v) is 4.19. The van der Waals surface area contributed by atoms with Crippen molar-refractivity contribution in [1.29, 1.82) is 0 Å². The quantitative estimate of drug-likeness (QED) is 0.792. The van der Waals surface area contributed by atoms with E-state index >= 15 is 0 Å². The first-order chi connectivity index (χ1) is 8.06. The third-order valence-corrected chi connectivity index (χ3v) is 3.13. The Balaban J connectivity index is 2.53. The Morgan fingerprint density at radius 2 is 2.18 bits per heavy atom. The van der Waals surface area contributed by atoms with Crippen LogP contribution in [0.4, 0.5) is 0 Å². The smallest absolute Gasteiger partial charge is 0.330 e. The molecule has 1 fully saturated rings. The van der Waals surface area contributed by atoms with E-state index in [2.05, 4.69) is 4.98 Å². The van der Waals surface area contributed by atoms with Crippen LogP contribution in [0.2, 0.25) is 0 Å². The van der Waals surface area contributed by atoms with Crippen LogP contribution in [-0.4, -0.2) is 33.8 Å². The third kappa shape index (κ3) is 1.95. The van der Waals surface area contributed by atoms with Crippen LogP contribution < -0.4 is 5.56 Å². The van der Waals surface area contributed by atoms with Crippen LogP contribution in [0.15, 0.2) is 17.2 Å². The molecule has 0 unspecified atom stereocenters. The highest BCUT2D eigenvalue weighted by Gasteiger charge is 2.42. The van der Waals surface area contributed by atoms with Crippen molar-refractivity contribution >= 4 is 5.97 Å². The molecule has 0 aromatic carbocycles. The monoisotopic (exact) mass is 238 g/mol. The number of hydrogen-bond donors (Lipinski definition) is 1. The van der Waals surface area contributed by atoms with Gasteiger partial charge in [0, 0.05) is 37.8 Å². The third-order valence-electron chi connectivity index (χ3n) is 3.13. The fraction of sp³-hybridized carbons (Fsp3) is 0.545. The summed E-state index contributed by atoms with van der Waals surface area (Å²) in [6.45, 7) is 2.38. The van der Waals surface area contributed by atoms with Crippen LogP contribution >= 0.6 is 0 Å². The number of ether oxygens (including phenoxy) is 1. The fourth-order valence-corrected chi connectivity index (χ4v) is 2.08. The van der Waals surface area contributed by atoms with Gasteiger partial charge in [-0.2, -0.15) is 0 Å². The minimum atomic E-state index is -1.21. The Kier molecular flexibility index (Phi) is 2.97. The van der Waals surface area contributed by atoms with Crippen molar-refractivity contribution in [2.24, 2.45) is 0 Å². The summed E-state index contributed by atoms with van der Waals surface area (Å²) in [4.78, 5) is 27.3. The van der Waals surface area contributed by atoms with Gasteiger partial charge in [0.2, 0.25) is 0 Å². The van der Waals surface area contributed by atoms with Gasteiger partial charge in [-0.3, -0.25) is 9.36 Å². The lowest BCUT2D eigenvalue weighted by atomic mass is 9.90. The number of rotatable bonds is 2. The Morgan fingerprint density at radius 1 is 1.53 bits per heavy atom. The Hall–Kier alpha value is -1.69. The van der Waals surface area contributed by atoms with E-state index in [1.54, 1.807) is 6.92 Å². The van der Waals surface area contributed by atoms with E-state index in [4.69, 9.17) is 4.74 Å². The lowest BCUT2D eigenvalue weighted by molar-refractivity contribution is -0.153. The molecule has 0 bridgehead atoms. The first kappa shape index (κ1) is 11.8. The number of aliphatic carboxylic acids is 1. The van der Waals surface area contributed by atoms with Gasteiger partial charge in [-0.25, -0.2) is 9.78 Å². The molecule has 0 atom stereocenters. The topological polar surface area (TPSA) is 81.4 Å². The first-order valence-electron chi connectivity index (χ1n) is 5.43. The summed E-state index contributed by atoms with van der Waals surface area (Å²) >= 11 is 0. The van der Waals surface area contributed by atoms with Crippen molar-refractivity contribution in [2.45, 2.75) is 25.3 Å². The van der Waals surface area contributed by atoms with Gasteiger partial charge in [0.25, 0.3) is 5.56 Å². The summed E-state index contributed by atoms with van der Waals surface area (Å²) in [5, 5.41) is 9.39. The van der Waals surface area contributed by atoms with E-state index in [9.17, 15) is 14.7 Å². The normalized spacial score (nSPS) is 18.9. The predicted octanol–water partition coefficient (Wildman–Crippen LogP) is 0.142. The van der Waals surface area contributed by atoms with Gasteiger partial charge in [-0.05, 0) is 6.92 Å². The maximum absolute atomic E-state index is 11.9. The number of aromatic nitrogens is 2. The van der Waals surface area contributed by atoms with Gasteiger partial charge < -0.3 is 9.84 Å². The summed E-state index contributed by atoms with van der Waals surface area (Å²) in [6, 6.07) is 1.35. The molecule has 0 saturated carbocycles. The largest absolute Gasteiger partial charge is 0.479 e. The molecule has 0 aliphatic carbocycles. The molecule has 1 aliphatic heterocycles. The molecule has 1 aromatic heterocycles. The second-order valence-electron chi connectivity index (χ2n) is 4.19. The van der Waals surface area contributed by atoms with E-state index < -0.39 is 11.5 Å². The van der Waals surface area contributed by atoms with Crippen LogP contribution in [-0.2, 0) is 15.1 Å². The lowest BCUT2D eigenvalue weighted by Gasteiger charge is -2.34. The molecule has 2 rings (SSSR count). The number of carbonyl (C=O) groups is 1. The van der Waals surface area contributed by atoms with Crippen LogP contribution in [0.25, 0.3) is 0 Å². The molecule has 6 nitrogen and oxygen atoms in total. The number of aryl methyl sites for hydroxylation is 1. The van der Waals surface area contributed by atoms with Gasteiger partial charge >= 0.3 is 5.97 Å². The summed E-state index contributed by atoms with van der Waals surface area (Å²) in [5.74, 6) is -1.01. The average Bonchev–Trinajstić information content (AvgIpc) is 2.29. The van der Waals surface area contributed by atoms with Crippen molar-refractivity contribution in [2.75, 3.05) is 13.2 Å². The maximum atomic E-state index is 11.9. The van der Waals surface area contributed by atoms with Crippen molar-refractivity contribution in [3.8, 4) is 0 Å². The Bertz CT molecular complexity index is 488. The lowest BCUT2D eigenvalue weighted by Crippen LogP contribution is -2.50. The van der Waals surface area contributed by atoms with Crippen LogP contribution in [0.3, 0.4) is 0 Å². The van der Waals surface area contributed by atoms with Crippen LogP contribution in [0, 0.1) is 6.92 Å². The van der Waals surface area contributed by atoms with Gasteiger partial charge in [-0.1, -0.05) is 0 Å². The molecule has 6 heteroatoms. The van der Waals surface area contributed by atoms with Crippen molar-refractivity contribution in [3.63, 3.8) is 0 Å². The minimum absolute atomic E-state index is 0.285. The SMILES string of the molecule is Cc1cc(=O)n(C2(C(=O)O)CCOCC2)cn1. The van der Waals surface area contributed by atoms with Crippen LogP contribution in [0.5, 0.6) is 0 Å². The van der Waals surface area contributed by atoms with E-state index in [0.29, 0.717) is 18.9 Å². The Morgan fingerprint density at radius 3 is 2.71 bits per heavy atom. The molecule has 0 amide bonds. The molecule has 0 radical (unpaired) electrons. The molecule has 92 valence electrons. The molecule has 17 heavy (non-hydrogen) atoms. The molecule has 1 aromatic rings. The van der Waals surface area contributed by atoms with Crippen molar-refractivity contribution in [1.82, 2.24) is 9.55 Å². The standard InChI is InChI=1S/C11H14N2O4/c1-8-6-9(14)13(7-12-8)11(10(15)16)2-4-17-5-3-11/h6-7H,2-5H2,1H3,(H,15,16). The van der Waals surface area contributed by atoms with Gasteiger partial charge in [0.15, 0.2) is 5.54 Å². The van der Waals surface area contributed by atoms with E-state index in [0.717, 1.165) is 0 Å². The molecule has 2 heterocycles. The van der Waals surface area contributed by atoms with Gasteiger partial charge in [-0.15, -0.1) is 0 Å². The molecular formula is C11H14N2O4.